The molecule has 2 N–H and O–H groups in total. The Morgan fingerprint density at radius 1 is 0.905 bits per heavy atom. The van der Waals surface area contributed by atoms with Crippen LogP contribution in [0.4, 0.5) is 37.7 Å². The standard InChI is InChI=1S/C28H25F6N3O4S/c1-15-8-16(2)25(17(3)9-15)42(40,41)37-22-7-5-4-6-21(22)36-26(39)23(37)13-24(38)35-14-18-10-19(27(29,30)31)12-20(11-18)28(32,33)34/h4-12,23H,13-14H2,1-3H3,(H,35,38)(H,36,39). The van der Waals surface area contributed by atoms with Gasteiger partial charge in [-0.3, -0.25) is 13.9 Å². The number of hydrogen-bond donors (Lipinski definition) is 2. The number of carbonyl (C=O) groups excluding carboxylic acids is 2. The molecule has 42 heavy (non-hydrogen) atoms. The van der Waals surface area contributed by atoms with Crippen LogP contribution in [-0.4, -0.2) is 26.3 Å². The average molecular weight is 614 g/mol. The highest BCUT2D eigenvalue weighted by Crippen LogP contribution is 2.39. The lowest BCUT2D eigenvalue weighted by Gasteiger charge is -2.37. The molecule has 1 heterocycles. The van der Waals surface area contributed by atoms with Gasteiger partial charge in [-0.05, 0) is 67.8 Å². The van der Waals surface area contributed by atoms with Crippen molar-refractivity contribution in [1.82, 2.24) is 5.32 Å². The summed E-state index contributed by atoms with van der Waals surface area (Å²) in [7, 11) is -4.45. The molecule has 3 aromatic rings. The molecule has 1 atom stereocenters. The van der Waals surface area contributed by atoms with Gasteiger partial charge in [-0.2, -0.15) is 26.3 Å². The lowest BCUT2D eigenvalue weighted by Crippen LogP contribution is -2.53. The van der Waals surface area contributed by atoms with Gasteiger partial charge in [-0.25, -0.2) is 8.42 Å². The molecule has 1 aliphatic heterocycles. The Morgan fingerprint density at radius 2 is 1.45 bits per heavy atom. The molecule has 3 aromatic carbocycles. The minimum atomic E-state index is -5.07. The number of nitrogens with one attached hydrogen (secondary N) is 2. The molecule has 1 aliphatic rings. The Morgan fingerprint density at radius 3 is 2.00 bits per heavy atom. The fraction of sp³-hybridized carbons (Fsp3) is 0.286. The first kappa shape index (κ1) is 30.9. The molecule has 14 heteroatoms. The zero-order valence-corrected chi connectivity index (χ0v) is 23.3. The van der Waals surface area contributed by atoms with Crippen LogP contribution in [0.15, 0.2) is 59.5 Å². The molecule has 0 spiro atoms. The molecule has 0 radical (unpaired) electrons. The van der Waals surface area contributed by atoms with Crippen molar-refractivity contribution in [3.63, 3.8) is 0 Å². The highest BCUT2D eigenvalue weighted by atomic mass is 32.2. The molecule has 2 amide bonds. The molecule has 0 saturated heterocycles. The van der Waals surface area contributed by atoms with Crippen molar-refractivity contribution in [2.75, 3.05) is 9.62 Å². The van der Waals surface area contributed by atoms with Gasteiger partial charge in [0.2, 0.25) is 11.8 Å². The van der Waals surface area contributed by atoms with Crippen LogP contribution in [-0.2, 0) is 38.5 Å². The van der Waals surface area contributed by atoms with Crippen LogP contribution in [0.2, 0.25) is 0 Å². The fourth-order valence-electron chi connectivity index (χ4n) is 4.98. The van der Waals surface area contributed by atoms with Crippen LogP contribution in [0.3, 0.4) is 0 Å². The van der Waals surface area contributed by atoms with E-state index in [1.165, 1.54) is 18.2 Å². The van der Waals surface area contributed by atoms with Crippen LogP contribution in [0, 0.1) is 20.8 Å². The van der Waals surface area contributed by atoms with E-state index in [4.69, 9.17) is 0 Å². The predicted octanol–water partition coefficient (Wildman–Crippen LogP) is 5.87. The quantitative estimate of drug-likeness (QED) is 0.340. The maximum Gasteiger partial charge on any atom is 0.416 e. The topological polar surface area (TPSA) is 95.6 Å². The van der Waals surface area contributed by atoms with Crippen molar-refractivity contribution in [3.05, 3.63) is 88.0 Å². The second-order valence-electron chi connectivity index (χ2n) is 9.95. The van der Waals surface area contributed by atoms with Crippen molar-refractivity contribution in [3.8, 4) is 0 Å². The number of sulfonamides is 1. The van der Waals surface area contributed by atoms with Gasteiger partial charge in [0.25, 0.3) is 10.0 Å². The number of alkyl halides is 6. The van der Waals surface area contributed by atoms with Crippen LogP contribution in [0.1, 0.15) is 39.8 Å². The largest absolute Gasteiger partial charge is 0.416 e. The molecule has 0 aliphatic carbocycles. The maximum absolute atomic E-state index is 14.1. The van der Waals surface area contributed by atoms with E-state index < -0.39 is 69.9 Å². The van der Waals surface area contributed by atoms with Crippen molar-refractivity contribution < 1.29 is 44.3 Å². The smallest absolute Gasteiger partial charge is 0.352 e. The summed E-state index contributed by atoms with van der Waals surface area (Å²) in [6.07, 6.45) is -10.9. The third-order valence-electron chi connectivity index (χ3n) is 6.62. The zero-order chi connectivity index (χ0) is 31.2. The first-order chi connectivity index (χ1) is 19.4. The van der Waals surface area contributed by atoms with E-state index in [9.17, 15) is 44.3 Å². The number of fused-ring (bicyclic) bond motifs is 1. The Labute approximate surface area is 237 Å². The van der Waals surface area contributed by atoms with Gasteiger partial charge >= 0.3 is 12.4 Å². The normalized spacial score (nSPS) is 15.7. The van der Waals surface area contributed by atoms with Crippen molar-refractivity contribution in [2.24, 2.45) is 0 Å². The third kappa shape index (κ3) is 6.22. The fourth-order valence-corrected chi connectivity index (χ4v) is 7.03. The molecular weight excluding hydrogens is 588 g/mol. The van der Waals surface area contributed by atoms with Crippen molar-refractivity contribution in [1.29, 1.82) is 0 Å². The molecule has 224 valence electrons. The van der Waals surface area contributed by atoms with Gasteiger partial charge in [0.1, 0.15) is 6.04 Å². The van der Waals surface area contributed by atoms with Gasteiger partial charge in [0.15, 0.2) is 0 Å². The van der Waals surface area contributed by atoms with Gasteiger partial charge in [-0.1, -0.05) is 29.8 Å². The number of para-hydroxylation sites is 2. The summed E-state index contributed by atoms with van der Waals surface area (Å²) in [4.78, 5) is 26.0. The van der Waals surface area contributed by atoms with Crippen molar-refractivity contribution >= 4 is 33.2 Å². The van der Waals surface area contributed by atoms with Gasteiger partial charge < -0.3 is 10.6 Å². The number of carbonyl (C=O) groups is 2. The Kier molecular flexibility index (Phi) is 8.06. The number of nitrogens with zero attached hydrogens (tertiary/aromatic N) is 1. The molecular formula is C28H25F6N3O4S. The predicted molar refractivity (Wildman–Crippen MR) is 142 cm³/mol. The molecule has 4 rings (SSSR count). The van der Waals surface area contributed by atoms with Crippen molar-refractivity contribution in [2.45, 2.75) is 57.0 Å². The zero-order valence-electron chi connectivity index (χ0n) is 22.4. The summed E-state index contributed by atoms with van der Waals surface area (Å²) >= 11 is 0. The van der Waals surface area contributed by atoms with Gasteiger partial charge in [0, 0.05) is 6.54 Å². The molecule has 0 bridgehead atoms. The molecule has 0 saturated carbocycles. The highest BCUT2D eigenvalue weighted by Gasteiger charge is 2.43. The number of halogens is 6. The molecule has 7 nitrogen and oxygen atoms in total. The van der Waals surface area contributed by atoms with E-state index in [0.29, 0.717) is 23.3 Å². The van der Waals surface area contributed by atoms with E-state index in [1.807, 2.05) is 0 Å². The molecule has 0 aromatic heterocycles. The highest BCUT2D eigenvalue weighted by molar-refractivity contribution is 7.93. The van der Waals surface area contributed by atoms with E-state index in [1.54, 1.807) is 39.0 Å². The van der Waals surface area contributed by atoms with E-state index in [0.717, 1.165) is 9.87 Å². The van der Waals surface area contributed by atoms with Crippen LogP contribution in [0.5, 0.6) is 0 Å². The van der Waals surface area contributed by atoms with E-state index >= 15 is 0 Å². The second kappa shape index (κ2) is 11.0. The number of benzene rings is 3. The Hall–Kier alpha value is -4.07. The van der Waals surface area contributed by atoms with Gasteiger partial charge in [0.05, 0.1) is 33.8 Å². The summed E-state index contributed by atoms with van der Waals surface area (Å²) in [5.41, 5.74) is -1.71. The van der Waals surface area contributed by atoms with Gasteiger partial charge in [-0.15, -0.1) is 0 Å². The second-order valence-corrected chi connectivity index (χ2v) is 11.7. The monoisotopic (exact) mass is 613 g/mol. The van der Waals surface area contributed by atoms with E-state index in [-0.39, 0.29) is 22.3 Å². The number of aryl methyl sites for hydroxylation is 3. The lowest BCUT2D eigenvalue weighted by molar-refractivity contribution is -0.143. The Bertz CT molecular complexity index is 1610. The lowest BCUT2D eigenvalue weighted by atomic mass is 10.0. The summed E-state index contributed by atoms with van der Waals surface area (Å²) in [5.74, 6) is -1.81. The number of hydrogen-bond acceptors (Lipinski definition) is 4. The number of anilines is 2. The van der Waals surface area contributed by atoms with Crippen LogP contribution < -0.4 is 14.9 Å². The minimum absolute atomic E-state index is 0.0348. The Balaban J connectivity index is 1.67. The molecule has 1 unspecified atom stereocenters. The van der Waals surface area contributed by atoms with Crippen LogP contribution >= 0.6 is 0 Å². The first-order valence-electron chi connectivity index (χ1n) is 12.5. The van der Waals surface area contributed by atoms with Crippen LogP contribution in [0.25, 0.3) is 0 Å². The third-order valence-corrected chi connectivity index (χ3v) is 8.75. The average Bonchev–Trinajstić information content (AvgIpc) is 2.85. The molecule has 0 fully saturated rings. The summed E-state index contributed by atoms with van der Waals surface area (Å²) < 4.78 is 108. The summed E-state index contributed by atoms with van der Waals surface area (Å²) in [6, 6.07) is 8.63. The number of rotatable bonds is 6. The maximum atomic E-state index is 14.1. The minimum Gasteiger partial charge on any atom is -0.352 e. The SMILES string of the molecule is Cc1cc(C)c(S(=O)(=O)N2c3ccccc3NC(=O)C2CC(=O)NCc2cc(C(F)(F)F)cc(C(F)(F)F)c2)c(C)c1. The first-order valence-corrected chi connectivity index (χ1v) is 13.9. The van der Waals surface area contributed by atoms with E-state index in [2.05, 4.69) is 10.6 Å². The summed E-state index contributed by atoms with van der Waals surface area (Å²) in [5, 5.41) is 4.77. The number of amides is 2. The summed E-state index contributed by atoms with van der Waals surface area (Å²) in [6.45, 7) is 4.23.